The number of aliphatic hydroxyl groups is 1. The van der Waals surface area contributed by atoms with E-state index in [4.69, 9.17) is 4.74 Å². The van der Waals surface area contributed by atoms with E-state index in [1.807, 2.05) is 24.3 Å². The van der Waals surface area contributed by atoms with E-state index in [1.165, 1.54) is 0 Å². The van der Waals surface area contributed by atoms with Gasteiger partial charge in [0.2, 0.25) is 10.0 Å². The fraction of sp³-hybridized carbons (Fsp3) is 0.571. The van der Waals surface area contributed by atoms with Gasteiger partial charge in [0.05, 0.1) is 17.4 Å². The van der Waals surface area contributed by atoms with Crippen LogP contribution in [0.2, 0.25) is 0 Å². The Balaban J connectivity index is 1.80. The third-order valence-electron chi connectivity index (χ3n) is 4.10. The molecule has 2 atom stereocenters. The average Bonchev–Trinajstić information content (AvgIpc) is 2.76. The molecule has 1 aromatic carbocycles. The molecule has 1 aliphatic carbocycles. The van der Waals surface area contributed by atoms with Crippen LogP contribution in [0.1, 0.15) is 30.0 Å². The molecule has 2 aliphatic rings. The summed E-state index contributed by atoms with van der Waals surface area (Å²) in [6.45, 7) is 0.963. The molecule has 1 fully saturated rings. The number of benzene rings is 1. The van der Waals surface area contributed by atoms with Crippen LogP contribution >= 0.6 is 0 Å². The predicted octanol–water partition coefficient (Wildman–Crippen LogP) is 0.743. The Kier molecular flexibility index (Phi) is 3.81. The molecule has 0 amide bonds. The summed E-state index contributed by atoms with van der Waals surface area (Å²) in [5.74, 6) is 0. The van der Waals surface area contributed by atoms with Crippen molar-refractivity contribution < 1.29 is 18.3 Å². The minimum absolute atomic E-state index is 0.420. The molecule has 1 heterocycles. The van der Waals surface area contributed by atoms with E-state index in [0.717, 1.165) is 11.1 Å². The number of sulfonamides is 1. The lowest BCUT2D eigenvalue weighted by Crippen LogP contribution is -2.42. The number of ether oxygens (including phenoxy) is 1. The first-order valence-electron chi connectivity index (χ1n) is 6.93. The van der Waals surface area contributed by atoms with Gasteiger partial charge < -0.3 is 9.84 Å². The van der Waals surface area contributed by atoms with Crippen molar-refractivity contribution in [3.63, 3.8) is 0 Å². The summed E-state index contributed by atoms with van der Waals surface area (Å²) in [7, 11) is -3.43. The third-order valence-corrected chi connectivity index (χ3v) is 6.03. The minimum Gasteiger partial charge on any atom is -0.391 e. The molecule has 0 radical (unpaired) electrons. The van der Waals surface area contributed by atoms with Crippen LogP contribution < -0.4 is 4.72 Å². The predicted molar refractivity (Wildman–Crippen MR) is 74.8 cm³/mol. The molecule has 0 bridgehead atoms. The Bertz CT molecular complexity index is 581. The number of hydrogen-bond acceptors (Lipinski definition) is 4. The number of hydrogen-bond donors (Lipinski definition) is 2. The first-order chi connectivity index (χ1) is 9.58. The van der Waals surface area contributed by atoms with Crippen LogP contribution in [0, 0.1) is 0 Å². The normalized spacial score (nSPS) is 27.4. The molecule has 1 aromatic rings. The minimum atomic E-state index is -3.43. The second-order valence-corrected chi connectivity index (χ2v) is 7.41. The zero-order chi connectivity index (χ0) is 14.2. The van der Waals surface area contributed by atoms with E-state index in [0.29, 0.717) is 32.5 Å². The molecule has 20 heavy (non-hydrogen) atoms. The van der Waals surface area contributed by atoms with Gasteiger partial charge in [0.15, 0.2) is 0 Å². The van der Waals surface area contributed by atoms with Crippen molar-refractivity contribution >= 4 is 10.0 Å². The van der Waals surface area contributed by atoms with Gasteiger partial charge in [-0.25, -0.2) is 13.1 Å². The average molecular weight is 297 g/mol. The molecular weight excluding hydrogens is 278 g/mol. The van der Waals surface area contributed by atoms with Crippen LogP contribution in [-0.2, 0) is 21.2 Å². The van der Waals surface area contributed by atoms with Gasteiger partial charge in [0.25, 0.3) is 0 Å². The van der Waals surface area contributed by atoms with Gasteiger partial charge in [-0.3, -0.25) is 0 Å². The van der Waals surface area contributed by atoms with E-state index in [2.05, 4.69) is 4.72 Å². The Morgan fingerprint density at radius 2 is 1.90 bits per heavy atom. The fourth-order valence-electron chi connectivity index (χ4n) is 2.98. The zero-order valence-electron chi connectivity index (χ0n) is 11.2. The van der Waals surface area contributed by atoms with Gasteiger partial charge in [0, 0.05) is 19.6 Å². The van der Waals surface area contributed by atoms with Crippen molar-refractivity contribution in [2.75, 3.05) is 13.2 Å². The van der Waals surface area contributed by atoms with Crippen LogP contribution in [0.25, 0.3) is 0 Å². The number of aliphatic hydroxyl groups excluding tert-OH is 1. The van der Waals surface area contributed by atoms with E-state index in [-0.39, 0.29) is 0 Å². The molecule has 3 rings (SSSR count). The molecule has 0 spiro atoms. The Morgan fingerprint density at radius 1 is 1.20 bits per heavy atom. The van der Waals surface area contributed by atoms with E-state index in [1.54, 1.807) is 0 Å². The lowest BCUT2D eigenvalue weighted by atomic mass is 10.1. The SMILES string of the molecule is O=S(=O)(N[C@H]1c2ccccc2C[C@H]1O)C1CCOCC1. The largest absolute Gasteiger partial charge is 0.391 e. The molecule has 110 valence electrons. The van der Waals surface area contributed by atoms with Crippen LogP contribution in [0.15, 0.2) is 24.3 Å². The van der Waals surface area contributed by atoms with Crippen LogP contribution in [0.5, 0.6) is 0 Å². The second-order valence-electron chi connectivity index (χ2n) is 5.42. The van der Waals surface area contributed by atoms with Crippen molar-refractivity contribution in [3.8, 4) is 0 Å². The number of nitrogens with one attached hydrogen (secondary N) is 1. The highest BCUT2D eigenvalue weighted by Gasteiger charge is 2.37. The van der Waals surface area contributed by atoms with Crippen molar-refractivity contribution in [1.29, 1.82) is 0 Å². The Labute approximate surface area is 119 Å². The zero-order valence-corrected chi connectivity index (χ0v) is 12.0. The summed E-state index contributed by atoms with van der Waals surface area (Å²) in [6.07, 6.45) is 0.832. The maximum atomic E-state index is 12.4. The van der Waals surface area contributed by atoms with E-state index in [9.17, 15) is 13.5 Å². The van der Waals surface area contributed by atoms with E-state index >= 15 is 0 Å². The van der Waals surface area contributed by atoms with Crippen molar-refractivity contribution in [2.45, 2.75) is 36.7 Å². The molecule has 2 N–H and O–H groups in total. The van der Waals surface area contributed by atoms with E-state index < -0.39 is 27.4 Å². The summed E-state index contributed by atoms with van der Waals surface area (Å²) < 4.78 is 32.7. The highest BCUT2D eigenvalue weighted by atomic mass is 32.2. The molecule has 6 heteroatoms. The third kappa shape index (κ3) is 2.61. The van der Waals surface area contributed by atoms with Gasteiger partial charge in [-0.2, -0.15) is 0 Å². The number of rotatable bonds is 3. The van der Waals surface area contributed by atoms with Gasteiger partial charge in [0.1, 0.15) is 0 Å². The lowest BCUT2D eigenvalue weighted by Gasteiger charge is -2.25. The fourth-order valence-corrected chi connectivity index (χ4v) is 4.62. The van der Waals surface area contributed by atoms with Gasteiger partial charge in [-0.15, -0.1) is 0 Å². The lowest BCUT2D eigenvalue weighted by molar-refractivity contribution is 0.0976. The van der Waals surface area contributed by atoms with Crippen LogP contribution in [0.4, 0.5) is 0 Å². The van der Waals surface area contributed by atoms with Crippen molar-refractivity contribution in [2.24, 2.45) is 0 Å². The second kappa shape index (κ2) is 5.44. The van der Waals surface area contributed by atoms with Crippen LogP contribution in [0.3, 0.4) is 0 Å². The molecule has 1 aliphatic heterocycles. The summed E-state index contributed by atoms with van der Waals surface area (Å²) in [5.41, 5.74) is 1.90. The number of fused-ring (bicyclic) bond motifs is 1. The standard InChI is InChI=1S/C14H19NO4S/c16-13-9-10-3-1-2-4-12(10)14(13)15-20(17,18)11-5-7-19-8-6-11/h1-4,11,13-16H,5-9H2/t13-,14+/m1/s1. The van der Waals surface area contributed by atoms with Crippen molar-refractivity contribution in [1.82, 2.24) is 4.72 Å². The van der Waals surface area contributed by atoms with Crippen molar-refractivity contribution in [3.05, 3.63) is 35.4 Å². The maximum absolute atomic E-state index is 12.4. The quantitative estimate of drug-likeness (QED) is 0.863. The molecule has 5 nitrogen and oxygen atoms in total. The monoisotopic (exact) mass is 297 g/mol. The summed E-state index contributed by atoms with van der Waals surface area (Å²) in [6, 6.07) is 7.05. The summed E-state index contributed by atoms with van der Waals surface area (Å²) in [5, 5.41) is 9.70. The topological polar surface area (TPSA) is 75.6 Å². The van der Waals surface area contributed by atoms with Gasteiger partial charge >= 0.3 is 0 Å². The molecule has 1 saturated heterocycles. The Hall–Kier alpha value is -0.950. The molecule has 0 unspecified atom stereocenters. The molecule has 0 aromatic heterocycles. The maximum Gasteiger partial charge on any atom is 0.215 e. The highest BCUT2D eigenvalue weighted by Crippen LogP contribution is 2.32. The summed E-state index contributed by atoms with van der Waals surface area (Å²) in [4.78, 5) is 0. The Morgan fingerprint density at radius 3 is 2.65 bits per heavy atom. The van der Waals surface area contributed by atoms with Gasteiger partial charge in [-0.1, -0.05) is 24.3 Å². The smallest absolute Gasteiger partial charge is 0.215 e. The van der Waals surface area contributed by atoms with Crippen LogP contribution in [-0.4, -0.2) is 38.1 Å². The first kappa shape index (κ1) is 14.0. The molecular formula is C14H19NO4S. The first-order valence-corrected chi connectivity index (χ1v) is 8.47. The van der Waals surface area contributed by atoms with Gasteiger partial charge in [-0.05, 0) is 24.0 Å². The molecule has 0 saturated carbocycles. The highest BCUT2D eigenvalue weighted by molar-refractivity contribution is 7.90. The summed E-state index contributed by atoms with van der Waals surface area (Å²) >= 11 is 0.